The Kier molecular flexibility index (Phi) is 5.58. The molecule has 0 aromatic heterocycles. The van der Waals surface area contributed by atoms with Crippen molar-refractivity contribution in [2.24, 2.45) is 0 Å². The maximum Gasteiger partial charge on any atom is 0.246 e. The fraction of sp³-hybridized carbons (Fsp3) is 0.867. The molecule has 1 saturated heterocycles. The lowest BCUT2D eigenvalue weighted by molar-refractivity contribution is -0.160. The number of methoxy groups -OCH3 is 1. The van der Waals surface area contributed by atoms with Gasteiger partial charge in [0.1, 0.15) is 11.6 Å². The number of carbonyl (C=O) groups is 2. The smallest absolute Gasteiger partial charge is 0.246 e. The summed E-state index contributed by atoms with van der Waals surface area (Å²) in [6.45, 7) is 3.70. The lowest BCUT2D eigenvalue weighted by atomic mass is 9.77. The molecular formula is C15H26N2O4. The average molecular weight is 298 g/mol. The molecule has 1 spiro atoms. The van der Waals surface area contributed by atoms with Gasteiger partial charge in [0.25, 0.3) is 0 Å². The van der Waals surface area contributed by atoms with Crippen LogP contribution in [-0.2, 0) is 19.1 Å². The van der Waals surface area contributed by atoms with Crippen LogP contribution in [-0.4, -0.2) is 61.8 Å². The van der Waals surface area contributed by atoms with E-state index in [0.29, 0.717) is 26.4 Å². The van der Waals surface area contributed by atoms with Crippen molar-refractivity contribution in [3.63, 3.8) is 0 Å². The Bertz CT molecular complexity index is 380. The van der Waals surface area contributed by atoms with Crippen molar-refractivity contribution in [2.75, 3.05) is 33.5 Å². The zero-order valence-electron chi connectivity index (χ0n) is 13.0. The summed E-state index contributed by atoms with van der Waals surface area (Å²) in [5.41, 5.74) is -0.646. The Morgan fingerprint density at radius 3 is 2.57 bits per heavy atom. The highest BCUT2D eigenvalue weighted by atomic mass is 16.5. The third kappa shape index (κ3) is 3.37. The molecule has 0 bridgehead atoms. The molecule has 2 amide bonds. The van der Waals surface area contributed by atoms with E-state index in [1.54, 1.807) is 18.9 Å². The van der Waals surface area contributed by atoms with Gasteiger partial charge in [-0.25, -0.2) is 0 Å². The predicted molar refractivity (Wildman–Crippen MR) is 77.8 cm³/mol. The van der Waals surface area contributed by atoms with E-state index < -0.39 is 11.6 Å². The lowest BCUT2D eigenvalue weighted by Crippen LogP contribution is -2.70. The molecular weight excluding hydrogens is 272 g/mol. The van der Waals surface area contributed by atoms with Crippen LogP contribution in [0, 0.1) is 0 Å². The van der Waals surface area contributed by atoms with E-state index in [9.17, 15) is 9.59 Å². The maximum absolute atomic E-state index is 12.5. The first-order valence-electron chi connectivity index (χ1n) is 7.81. The van der Waals surface area contributed by atoms with Gasteiger partial charge in [0.15, 0.2) is 0 Å². The lowest BCUT2D eigenvalue weighted by Gasteiger charge is -2.49. The van der Waals surface area contributed by atoms with E-state index in [4.69, 9.17) is 9.47 Å². The monoisotopic (exact) mass is 298 g/mol. The Labute approximate surface area is 126 Å². The highest BCUT2D eigenvalue weighted by Gasteiger charge is 2.51. The van der Waals surface area contributed by atoms with Gasteiger partial charge in [-0.2, -0.15) is 0 Å². The quantitative estimate of drug-likeness (QED) is 0.733. The summed E-state index contributed by atoms with van der Waals surface area (Å²) in [7, 11) is 1.63. The molecule has 2 aliphatic rings. The van der Waals surface area contributed by atoms with Crippen molar-refractivity contribution in [3.8, 4) is 0 Å². The zero-order valence-corrected chi connectivity index (χ0v) is 13.0. The van der Waals surface area contributed by atoms with E-state index in [0.717, 1.165) is 32.1 Å². The van der Waals surface area contributed by atoms with Crippen LogP contribution >= 0.6 is 0 Å². The Balaban J connectivity index is 2.03. The minimum Gasteiger partial charge on any atom is -0.382 e. The summed E-state index contributed by atoms with van der Waals surface area (Å²) in [6.07, 6.45) is 4.65. The van der Waals surface area contributed by atoms with Gasteiger partial charge in [0.2, 0.25) is 11.8 Å². The zero-order chi connectivity index (χ0) is 15.3. The Hall–Kier alpha value is -1.14. The van der Waals surface area contributed by atoms with Crippen LogP contribution in [0.5, 0.6) is 0 Å². The van der Waals surface area contributed by atoms with E-state index in [1.165, 1.54) is 0 Å². The molecule has 0 aromatic rings. The van der Waals surface area contributed by atoms with Crippen molar-refractivity contribution in [1.29, 1.82) is 0 Å². The first-order chi connectivity index (χ1) is 10.1. The predicted octanol–water partition coefficient (Wildman–Crippen LogP) is 0.699. The molecule has 1 aliphatic carbocycles. The molecule has 1 unspecified atom stereocenters. The molecule has 0 radical (unpaired) electrons. The second-order valence-electron chi connectivity index (χ2n) is 5.88. The highest BCUT2D eigenvalue weighted by Crippen LogP contribution is 2.36. The number of hydrogen-bond donors (Lipinski definition) is 1. The molecule has 21 heavy (non-hydrogen) atoms. The first-order valence-corrected chi connectivity index (χ1v) is 7.81. The fourth-order valence-corrected chi connectivity index (χ4v) is 3.32. The number of rotatable bonds is 6. The third-order valence-electron chi connectivity index (χ3n) is 4.50. The van der Waals surface area contributed by atoms with E-state index in [-0.39, 0.29) is 11.8 Å². The third-order valence-corrected chi connectivity index (χ3v) is 4.50. The highest BCUT2D eigenvalue weighted by molar-refractivity contribution is 5.99. The van der Waals surface area contributed by atoms with Crippen molar-refractivity contribution >= 4 is 11.8 Å². The fourth-order valence-electron chi connectivity index (χ4n) is 3.32. The largest absolute Gasteiger partial charge is 0.382 e. The molecule has 2 fully saturated rings. The SMILES string of the molecule is COCCOCCN1C(=O)C(C)NC(=O)C12CCCCC2. The number of piperazine rings is 1. The van der Waals surface area contributed by atoms with E-state index in [1.807, 2.05) is 0 Å². The minimum atomic E-state index is -0.646. The number of ether oxygens (including phenoxy) is 2. The van der Waals surface area contributed by atoms with Crippen LogP contribution in [0.3, 0.4) is 0 Å². The number of carbonyl (C=O) groups excluding carboxylic acids is 2. The molecule has 6 nitrogen and oxygen atoms in total. The summed E-state index contributed by atoms with van der Waals surface area (Å²) >= 11 is 0. The van der Waals surface area contributed by atoms with Crippen LogP contribution in [0.1, 0.15) is 39.0 Å². The summed E-state index contributed by atoms with van der Waals surface area (Å²) in [6, 6.07) is -0.441. The molecule has 0 aromatic carbocycles. The van der Waals surface area contributed by atoms with E-state index >= 15 is 0 Å². The van der Waals surface area contributed by atoms with Gasteiger partial charge in [0.05, 0.1) is 19.8 Å². The summed E-state index contributed by atoms with van der Waals surface area (Å²) < 4.78 is 10.4. The van der Waals surface area contributed by atoms with Gasteiger partial charge in [-0.15, -0.1) is 0 Å². The molecule has 1 atom stereocenters. The summed E-state index contributed by atoms with van der Waals surface area (Å²) in [5.74, 6) is 0.0121. The number of hydrogen-bond acceptors (Lipinski definition) is 4. The van der Waals surface area contributed by atoms with Gasteiger partial charge in [-0.1, -0.05) is 19.3 Å². The van der Waals surface area contributed by atoms with Crippen molar-refractivity contribution in [3.05, 3.63) is 0 Å². The standard InChI is InChI=1S/C15H26N2O4/c1-12-13(18)17(8-9-21-11-10-20-2)15(14(19)16-12)6-4-3-5-7-15/h12H,3-11H2,1-2H3,(H,16,19). The molecule has 6 heteroatoms. The van der Waals surface area contributed by atoms with Crippen molar-refractivity contribution in [1.82, 2.24) is 10.2 Å². The second kappa shape index (κ2) is 7.22. The van der Waals surface area contributed by atoms with Crippen LogP contribution in [0.15, 0.2) is 0 Å². The number of nitrogens with zero attached hydrogens (tertiary/aromatic N) is 1. The molecule has 1 heterocycles. The second-order valence-corrected chi connectivity index (χ2v) is 5.88. The molecule has 1 aliphatic heterocycles. The van der Waals surface area contributed by atoms with Crippen LogP contribution in [0.25, 0.3) is 0 Å². The molecule has 120 valence electrons. The Morgan fingerprint density at radius 1 is 1.19 bits per heavy atom. The molecule has 1 N–H and O–H groups in total. The Morgan fingerprint density at radius 2 is 1.90 bits per heavy atom. The van der Waals surface area contributed by atoms with Gasteiger partial charge in [-0.3, -0.25) is 9.59 Å². The summed E-state index contributed by atoms with van der Waals surface area (Å²) in [4.78, 5) is 26.8. The number of nitrogens with one attached hydrogen (secondary N) is 1. The molecule has 1 saturated carbocycles. The molecule has 2 rings (SSSR count). The van der Waals surface area contributed by atoms with Crippen molar-refractivity contribution < 1.29 is 19.1 Å². The number of amides is 2. The first kappa shape index (κ1) is 16.2. The van der Waals surface area contributed by atoms with Crippen LogP contribution in [0.4, 0.5) is 0 Å². The van der Waals surface area contributed by atoms with Crippen LogP contribution in [0.2, 0.25) is 0 Å². The topological polar surface area (TPSA) is 67.9 Å². The van der Waals surface area contributed by atoms with Gasteiger partial charge < -0.3 is 19.7 Å². The van der Waals surface area contributed by atoms with Crippen LogP contribution < -0.4 is 5.32 Å². The summed E-state index contributed by atoms with van der Waals surface area (Å²) in [5, 5.41) is 2.84. The van der Waals surface area contributed by atoms with Crippen molar-refractivity contribution in [2.45, 2.75) is 50.6 Å². The van der Waals surface area contributed by atoms with Gasteiger partial charge in [-0.05, 0) is 19.8 Å². The van der Waals surface area contributed by atoms with Gasteiger partial charge in [0, 0.05) is 13.7 Å². The minimum absolute atomic E-state index is 0.00573. The van der Waals surface area contributed by atoms with Gasteiger partial charge >= 0.3 is 0 Å². The van der Waals surface area contributed by atoms with E-state index in [2.05, 4.69) is 5.32 Å². The normalized spacial score (nSPS) is 25.2. The average Bonchev–Trinajstić information content (AvgIpc) is 2.49. The maximum atomic E-state index is 12.5.